The van der Waals surface area contributed by atoms with Crippen LogP contribution in [0.15, 0.2) is 6.08 Å². The van der Waals surface area contributed by atoms with E-state index >= 15 is 0 Å². The van der Waals surface area contributed by atoms with Crippen molar-refractivity contribution in [1.29, 1.82) is 0 Å². The van der Waals surface area contributed by atoms with Crippen LogP contribution in [0.3, 0.4) is 0 Å². The lowest BCUT2D eigenvalue weighted by molar-refractivity contribution is 0.0824. The van der Waals surface area contributed by atoms with E-state index in [9.17, 15) is 4.79 Å². The maximum absolute atomic E-state index is 10.3. The van der Waals surface area contributed by atoms with E-state index in [1.54, 1.807) is 5.94 Å². The van der Waals surface area contributed by atoms with Gasteiger partial charge in [0.05, 0.1) is 6.10 Å². The summed E-state index contributed by atoms with van der Waals surface area (Å²) in [7, 11) is 0. The molecular weight excluding hydrogens is 204 g/mol. The van der Waals surface area contributed by atoms with Gasteiger partial charge in [-0.1, -0.05) is 26.2 Å². The summed E-state index contributed by atoms with van der Waals surface area (Å²) in [6.07, 6.45) is 5.94. The summed E-state index contributed by atoms with van der Waals surface area (Å²) in [5.74, 6) is 1.78. The summed E-state index contributed by atoms with van der Waals surface area (Å²) in [5, 5.41) is 3.11. The second-order valence-electron chi connectivity index (χ2n) is 3.75. The Morgan fingerprint density at radius 2 is 2.25 bits per heavy atom. The number of nitrogens with one attached hydrogen (secondary N) is 1. The molecule has 0 aliphatic carbocycles. The van der Waals surface area contributed by atoms with Crippen molar-refractivity contribution in [3.05, 3.63) is 6.08 Å². The van der Waals surface area contributed by atoms with Crippen LogP contribution in [0.2, 0.25) is 0 Å². The molecule has 0 bridgehead atoms. The van der Waals surface area contributed by atoms with E-state index in [0.29, 0.717) is 19.7 Å². The number of unbranched alkanes of at least 4 members (excludes halogenated alkanes) is 3. The minimum Gasteiger partial charge on any atom is -0.372 e. The van der Waals surface area contributed by atoms with E-state index in [1.165, 1.54) is 25.3 Å². The van der Waals surface area contributed by atoms with Crippen molar-refractivity contribution in [2.24, 2.45) is 5.73 Å². The van der Waals surface area contributed by atoms with Gasteiger partial charge in [0.1, 0.15) is 5.94 Å². The van der Waals surface area contributed by atoms with Crippen LogP contribution < -0.4 is 11.1 Å². The highest BCUT2D eigenvalue weighted by Crippen LogP contribution is 2.01. The van der Waals surface area contributed by atoms with Gasteiger partial charge in [0, 0.05) is 32.3 Å². The van der Waals surface area contributed by atoms with Crippen molar-refractivity contribution in [1.82, 2.24) is 5.32 Å². The molecule has 0 amide bonds. The number of nitrogens with two attached hydrogens (primary N) is 1. The second kappa shape index (κ2) is 12.4. The minimum atomic E-state index is -0.175. The summed E-state index contributed by atoms with van der Waals surface area (Å²) in [6.45, 7) is 4.83. The van der Waals surface area contributed by atoms with Crippen LogP contribution in [0.4, 0.5) is 0 Å². The third kappa shape index (κ3) is 9.87. The van der Waals surface area contributed by atoms with E-state index in [0.717, 1.165) is 13.0 Å². The highest BCUT2D eigenvalue weighted by molar-refractivity contribution is 5.46. The van der Waals surface area contributed by atoms with Gasteiger partial charge in [0.2, 0.25) is 0 Å². The monoisotopic (exact) mass is 228 g/mol. The van der Waals surface area contributed by atoms with Crippen LogP contribution >= 0.6 is 0 Å². The highest BCUT2D eigenvalue weighted by atomic mass is 16.5. The molecule has 1 atom stereocenters. The molecule has 3 N–H and O–H groups in total. The molecule has 0 aromatic rings. The fraction of sp³-hybridized carbons (Fsp3) is 0.833. The Kier molecular flexibility index (Phi) is 11.9. The molecule has 0 rings (SSSR count). The zero-order chi connectivity index (χ0) is 12.1. The fourth-order valence-electron chi connectivity index (χ4n) is 1.35. The Balaban J connectivity index is 3.55. The molecule has 0 saturated carbocycles. The van der Waals surface area contributed by atoms with E-state index in [1.807, 2.05) is 0 Å². The molecule has 0 spiro atoms. The van der Waals surface area contributed by atoms with Crippen LogP contribution in [0.25, 0.3) is 0 Å². The third-order valence-electron chi connectivity index (χ3n) is 2.25. The molecule has 0 saturated heterocycles. The molecule has 4 nitrogen and oxygen atoms in total. The average molecular weight is 228 g/mol. The van der Waals surface area contributed by atoms with Gasteiger partial charge in [-0.3, -0.25) is 0 Å². The predicted octanol–water partition coefficient (Wildman–Crippen LogP) is 0.888. The zero-order valence-corrected chi connectivity index (χ0v) is 10.2. The summed E-state index contributed by atoms with van der Waals surface area (Å²) in [5.41, 5.74) is 5.35. The van der Waals surface area contributed by atoms with Gasteiger partial charge in [0.15, 0.2) is 0 Å². The van der Waals surface area contributed by atoms with Crippen molar-refractivity contribution in [3.63, 3.8) is 0 Å². The Hall–Kier alpha value is -0.670. The molecule has 0 aliphatic rings. The molecular formula is C12H24N2O2. The lowest BCUT2D eigenvalue weighted by Crippen LogP contribution is -2.31. The lowest BCUT2D eigenvalue weighted by atomic mass is 10.2. The first-order valence-electron chi connectivity index (χ1n) is 6.08. The van der Waals surface area contributed by atoms with Crippen molar-refractivity contribution in [3.8, 4) is 0 Å². The van der Waals surface area contributed by atoms with Gasteiger partial charge < -0.3 is 15.8 Å². The van der Waals surface area contributed by atoms with Crippen LogP contribution in [0, 0.1) is 0 Å². The highest BCUT2D eigenvalue weighted by Gasteiger charge is 2.04. The molecule has 4 heteroatoms. The third-order valence-corrected chi connectivity index (χ3v) is 2.25. The normalized spacial score (nSPS) is 12.1. The maximum Gasteiger partial charge on any atom is 0.122 e. The summed E-state index contributed by atoms with van der Waals surface area (Å²) in [6, 6.07) is 0. The Morgan fingerprint density at radius 1 is 1.44 bits per heavy atom. The van der Waals surface area contributed by atoms with E-state index in [2.05, 4.69) is 12.2 Å². The number of rotatable bonds is 11. The number of hydrogen-bond acceptors (Lipinski definition) is 4. The quantitative estimate of drug-likeness (QED) is 0.407. The van der Waals surface area contributed by atoms with Gasteiger partial charge >= 0.3 is 0 Å². The summed E-state index contributed by atoms with van der Waals surface area (Å²) < 4.78 is 5.55. The molecule has 94 valence electrons. The first-order chi connectivity index (χ1) is 7.85. The number of hydrogen-bond donors (Lipinski definition) is 2. The topological polar surface area (TPSA) is 64.3 Å². The molecule has 0 aromatic carbocycles. The molecule has 0 fully saturated rings. The summed E-state index contributed by atoms with van der Waals surface area (Å²) in [4.78, 5) is 10.3. The Labute approximate surface area is 98.2 Å². The fourth-order valence-corrected chi connectivity index (χ4v) is 1.35. The van der Waals surface area contributed by atoms with Gasteiger partial charge in [-0.25, -0.2) is 4.79 Å². The van der Waals surface area contributed by atoms with E-state index < -0.39 is 0 Å². The van der Waals surface area contributed by atoms with Gasteiger partial charge in [0.25, 0.3) is 0 Å². The number of ether oxygens (including phenoxy) is 1. The van der Waals surface area contributed by atoms with Crippen LogP contribution in [0.1, 0.15) is 32.6 Å². The van der Waals surface area contributed by atoms with Gasteiger partial charge in [-0.15, -0.1) is 0 Å². The molecule has 0 aromatic heterocycles. The van der Waals surface area contributed by atoms with E-state index in [-0.39, 0.29) is 6.10 Å². The molecule has 16 heavy (non-hydrogen) atoms. The van der Waals surface area contributed by atoms with Gasteiger partial charge in [-0.05, 0) is 6.42 Å². The minimum absolute atomic E-state index is 0.175. The second-order valence-corrected chi connectivity index (χ2v) is 3.75. The SMILES string of the molecule is CCCCCCOC(C=C=O)CNCCN. The maximum atomic E-state index is 10.3. The average Bonchev–Trinajstić information content (AvgIpc) is 2.29. The molecule has 0 aliphatic heterocycles. The largest absolute Gasteiger partial charge is 0.372 e. The lowest BCUT2D eigenvalue weighted by Gasteiger charge is -2.13. The zero-order valence-electron chi connectivity index (χ0n) is 10.2. The van der Waals surface area contributed by atoms with Crippen molar-refractivity contribution >= 4 is 5.94 Å². The van der Waals surface area contributed by atoms with Crippen LogP contribution in [-0.2, 0) is 9.53 Å². The molecule has 0 heterocycles. The first kappa shape index (κ1) is 15.3. The first-order valence-corrected chi connectivity index (χ1v) is 6.08. The Morgan fingerprint density at radius 3 is 2.88 bits per heavy atom. The summed E-state index contributed by atoms with van der Waals surface area (Å²) >= 11 is 0. The van der Waals surface area contributed by atoms with Crippen LogP contribution in [-0.4, -0.2) is 38.3 Å². The van der Waals surface area contributed by atoms with E-state index in [4.69, 9.17) is 10.5 Å². The standard InChI is InChI=1S/C12H24N2O2/c1-2-3-4-5-10-16-12(6-9-15)11-14-8-7-13/h6,12,14H,2-5,7-8,10-11,13H2,1H3. The van der Waals surface area contributed by atoms with Crippen molar-refractivity contribution in [2.45, 2.75) is 38.7 Å². The smallest absolute Gasteiger partial charge is 0.122 e. The Bertz CT molecular complexity index is 191. The molecule has 1 unspecified atom stereocenters. The predicted molar refractivity (Wildman–Crippen MR) is 66.1 cm³/mol. The van der Waals surface area contributed by atoms with Gasteiger partial charge in [-0.2, -0.15) is 0 Å². The number of carbonyl (C=O) groups excluding carboxylic acids is 1. The van der Waals surface area contributed by atoms with Crippen molar-refractivity contribution in [2.75, 3.05) is 26.2 Å². The molecule has 0 radical (unpaired) electrons. The van der Waals surface area contributed by atoms with Crippen molar-refractivity contribution < 1.29 is 9.53 Å². The van der Waals surface area contributed by atoms with Crippen LogP contribution in [0.5, 0.6) is 0 Å².